The molecule has 0 fully saturated rings. The Balaban J connectivity index is 2.29. The molecule has 2 rings (SSSR count). The van der Waals surface area contributed by atoms with E-state index >= 15 is 0 Å². The Kier molecular flexibility index (Phi) is 4.74. The molecule has 0 saturated carbocycles. The molecule has 0 unspecified atom stereocenters. The van der Waals surface area contributed by atoms with Crippen molar-refractivity contribution in [3.8, 4) is 0 Å². The third-order valence-corrected chi connectivity index (χ3v) is 3.30. The molecule has 0 amide bonds. The fraction of sp³-hybridized carbons (Fsp3) is 0.294. The van der Waals surface area contributed by atoms with Crippen molar-refractivity contribution >= 4 is 11.4 Å². The second kappa shape index (κ2) is 6.53. The molecule has 0 aliphatic rings. The summed E-state index contributed by atoms with van der Waals surface area (Å²) >= 11 is 0. The number of anilines is 2. The van der Waals surface area contributed by atoms with Crippen LogP contribution in [-0.2, 0) is 6.54 Å². The van der Waals surface area contributed by atoms with Gasteiger partial charge < -0.3 is 10.2 Å². The van der Waals surface area contributed by atoms with E-state index in [4.69, 9.17) is 0 Å². The van der Waals surface area contributed by atoms with Gasteiger partial charge in [-0.15, -0.1) is 0 Å². The normalized spacial score (nSPS) is 10.6. The summed E-state index contributed by atoms with van der Waals surface area (Å²) in [6.07, 6.45) is 0. The minimum atomic E-state index is -0.199. The first-order chi connectivity index (χ1) is 9.60. The van der Waals surface area contributed by atoms with Gasteiger partial charge in [-0.1, -0.05) is 19.1 Å². The first kappa shape index (κ1) is 14.5. The zero-order valence-corrected chi connectivity index (χ0v) is 12.3. The molecule has 0 aliphatic carbocycles. The molecular weight excluding hydrogens is 251 g/mol. The first-order valence-corrected chi connectivity index (χ1v) is 6.90. The van der Waals surface area contributed by atoms with Crippen LogP contribution in [0.5, 0.6) is 0 Å². The molecule has 0 aromatic heterocycles. The van der Waals surface area contributed by atoms with Crippen LogP contribution < -0.4 is 10.2 Å². The lowest BCUT2D eigenvalue weighted by molar-refractivity contribution is 0.622. The Morgan fingerprint density at radius 2 is 1.90 bits per heavy atom. The molecule has 0 atom stereocenters. The van der Waals surface area contributed by atoms with Crippen LogP contribution in [0.2, 0.25) is 0 Å². The quantitative estimate of drug-likeness (QED) is 0.884. The summed E-state index contributed by atoms with van der Waals surface area (Å²) in [6, 6.07) is 13.4. The molecule has 0 bridgehead atoms. The number of nitrogens with one attached hydrogen (secondary N) is 1. The van der Waals surface area contributed by atoms with Gasteiger partial charge in [0.25, 0.3) is 0 Å². The number of halogens is 1. The van der Waals surface area contributed by atoms with Crippen LogP contribution in [-0.4, -0.2) is 13.6 Å². The third-order valence-electron chi connectivity index (χ3n) is 3.30. The van der Waals surface area contributed by atoms with Gasteiger partial charge in [0, 0.05) is 25.0 Å². The van der Waals surface area contributed by atoms with Gasteiger partial charge in [-0.05, 0) is 54.9 Å². The van der Waals surface area contributed by atoms with Crippen molar-refractivity contribution in [2.45, 2.75) is 20.4 Å². The molecule has 0 spiro atoms. The van der Waals surface area contributed by atoms with Crippen LogP contribution in [0, 0.1) is 12.7 Å². The molecule has 3 heteroatoms. The van der Waals surface area contributed by atoms with Crippen molar-refractivity contribution in [3.05, 3.63) is 59.4 Å². The van der Waals surface area contributed by atoms with Crippen LogP contribution in [0.25, 0.3) is 0 Å². The highest BCUT2D eigenvalue weighted by molar-refractivity contribution is 5.63. The number of benzene rings is 2. The smallest absolute Gasteiger partial charge is 0.125 e. The fourth-order valence-corrected chi connectivity index (χ4v) is 2.18. The fourth-order valence-electron chi connectivity index (χ4n) is 2.18. The molecule has 20 heavy (non-hydrogen) atoms. The second-order valence-corrected chi connectivity index (χ2v) is 5.00. The van der Waals surface area contributed by atoms with Crippen molar-refractivity contribution in [3.63, 3.8) is 0 Å². The summed E-state index contributed by atoms with van der Waals surface area (Å²) in [6.45, 7) is 5.65. The van der Waals surface area contributed by atoms with Crippen molar-refractivity contribution in [2.24, 2.45) is 0 Å². The molecule has 2 aromatic carbocycles. The third kappa shape index (κ3) is 3.58. The molecule has 0 radical (unpaired) electrons. The maximum absolute atomic E-state index is 13.8. The SMILES string of the molecule is CCNCc1cc(F)cc(N(C)c2cccc(C)c2)c1. The maximum Gasteiger partial charge on any atom is 0.125 e. The summed E-state index contributed by atoms with van der Waals surface area (Å²) in [5, 5.41) is 3.22. The van der Waals surface area contributed by atoms with E-state index < -0.39 is 0 Å². The van der Waals surface area contributed by atoms with E-state index in [0.29, 0.717) is 6.54 Å². The molecule has 2 aromatic rings. The Labute approximate surface area is 120 Å². The lowest BCUT2D eigenvalue weighted by Gasteiger charge is -2.21. The highest BCUT2D eigenvalue weighted by Gasteiger charge is 2.07. The van der Waals surface area contributed by atoms with E-state index in [1.165, 1.54) is 5.56 Å². The number of rotatable bonds is 5. The van der Waals surface area contributed by atoms with E-state index in [0.717, 1.165) is 23.5 Å². The minimum Gasteiger partial charge on any atom is -0.345 e. The maximum atomic E-state index is 13.8. The number of nitrogens with zero attached hydrogens (tertiary/aromatic N) is 1. The summed E-state index contributed by atoms with van der Waals surface area (Å²) < 4.78 is 13.8. The average Bonchev–Trinajstić information content (AvgIpc) is 2.43. The van der Waals surface area contributed by atoms with Crippen LogP contribution in [0.1, 0.15) is 18.1 Å². The lowest BCUT2D eigenvalue weighted by atomic mass is 10.1. The Bertz CT molecular complexity index is 581. The molecule has 0 heterocycles. The number of aryl methyl sites for hydroxylation is 1. The van der Waals surface area contributed by atoms with Crippen molar-refractivity contribution in [2.75, 3.05) is 18.5 Å². The van der Waals surface area contributed by atoms with Crippen molar-refractivity contribution in [1.82, 2.24) is 5.32 Å². The van der Waals surface area contributed by atoms with Gasteiger partial charge in [0.15, 0.2) is 0 Å². The zero-order valence-electron chi connectivity index (χ0n) is 12.3. The Morgan fingerprint density at radius 3 is 2.60 bits per heavy atom. The highest BCUT2D eigenvalue weighted by atomic mass is 19.1. The molecular formula is C17H21FN2. The Morgan fingerprint density at radius 1 is 1.10 bits per heavy atom. The number of hydrogen-bond acceptors (Lipinski definition) is 2. The zero-order chi connectivity index (χ0) is 14.5. The van der Waals surface area contributed by atoms with Gasteiger partial charge in [0.2, 0.25) is 0 Å². The highest BCUT2D eigenvalue weighted by Crippen LogP contribution is 2.26. The number of hydrogen-bond donors (Lipinski definition) is 1. The van der Waals surface area contributed by atoms with Crippen LogP contribution >= 0.6 is 0 Å². The lowest BCUT2D eigenvalue weighted by Crippen LogP contribution is -2.14. The summed E-state index contributed by atoms with van der Waals surface area (Å²) in [5.41, 5.74) is 4.08. The average molecular weight is 272 g/mol. The predicted molar refractivity (Wildman–Crippen MR) is 83.0 cm³/mol. The van der Waals surface area contributed by atoms with E-state index in [9.17, 15) is 4.39 Å². The second-order valence-electron chi connectivity index (χ2n) is 5.00. The van der Waals surface area contributed by atoms with Gasteiger partial charge >= 0.3 is 0 Å². The molecule has 1 N–H and O–H groups in total. The van der Waals surface area contributed by atoms with Crippen molar-refractivity contribution < 1.29 is 4.39 Å². The van der Waals surface area contributed by atoms with Gasteiger partial charge in [0.05, 0.1) is 0 Å². The largest absolute Gasteiger partial charge is 0.345 e. The topological polar surface area (TPSA) is 15.3 Å². The van der Waals surface area contributed by atoms with Crippen LogP contribution in [0.4, 0.5) is 15.8 Å². The molecule has 0 aliphatic heterocycles. The van der Waals surface area contributed by atoms with Crippen LogP contribution in [0.15, 0.2) is 42.5 Å². The van der Waals surface area contributed by atoms with Crippen LogP contribution in [0.3, 0.4) is 0 Å². The Hall–Kier alpha value is -1.87. The molecule has 0 saturated heterocycles. The van der Waals surface area contributed by atoms with E-state index in [-0.39, 0.29) is 5.82 Å². The van der Waals surface area contributed by atoms with Gasteiger partial charge in [0.1, 0.15) is 5.82 Å². The summed E-state index contributed by atoms with van der Waals surface area (Å²) in [5.74, 6) is -0.199. The standard InChI is InChI=1S/C17H21FN2/c1-4-19-12-14-9-15(18)11-17(10-14)20(3)16-7-5-6-13(2)8-16/h5-11,19H,4,12H2,1-3H3. The summed E-state index contributed by atoms with van der Waals surface area (Å²) in [7, 11) is 1.96. The van der Waals surface area contributed by atoms with Gasteiger partial charge in [-0.25, -0.2) is 4.39 Å². The van der Waals surface area contributed by atoms with Crippen molar-refractivity contribution in [1.29, 1.82) is 0 Å². The molecule has 2 nitrogen and oxygen atoms in total. The van der Waals surface area contributed by atoms with Gasteiger partial charge in [-0.3, -0.25) is 0 Å². The van der Waals surface area contributed by atoms with E-state index in [1.54, 1.807) is 12.1 Å². The molecule has 106 valence electrons. The van der Waals surface area contributed by atoms with E-state index in [2.05, 4.69) is 24.4 Å². The predicted octanol–water partition coefficient (Wildman–Crippen LogP) is 4.01. The first-order valence-electron chi connectivity index (χ1n) is 6.90. The monoisotopic (exact) mass is 272 g/mol. The van der Waals surface area contributed by atoms with E-state index in [1.807, 2.05) is 37.1 Å². The minimum absolute atomic E-state index is 0.199. The summed E-state index contributed by atoms with van der Waals surface area (Å²) in [4.78, 5) is 2.01. The van der Waals surface area contributed by atoms with Gasteiger partial charge in [-0.2, -0.15) is 0 Å².